The molecule has 1 heterocycles. The number of piperazine rings is 1. The molecule has 2 aliphatic rings. The molecule has 0 radical (unpaired) electrons. The smallest absolute Gasteiger partial charge is 0.282 e. The van der Waals surface area contributed by atoms with Crippen molar-refractivity contribution in [1.29, 1.82) is 0 Å². The molecule has 0 aromatic carbocycles. The number of rotatable bonds is 6. The highest BCUT2D eigenvalue weighted by Crippen LogP contribution is 2.25. The minimum Gasteiger partial charge on any atom is -0.340 e. The minimum atomic E-state index is -3.42. The summed E-state index contributed by atoms with van der Waals surface area (Å²) in [6.07, 6.45) is 5.33. The zero-order chi connectivity index (χ0) is 17.7. The van der Waals surface area contributed by atoms with Gasteiger partial charge in [0.05, 0.1) is 0 Å². The molecule has 1 saturated heterocycles. The molecule has 9 heteroatoms. The van der Waals surface area contributed by atoms with Crippen LogP contribution in [-0.2, 0) is 15.0 Å². The van der Waals surface area contributed by atoms with Crippen molar-refractivity contribution >= 4 is 28.5 Å². The van der Waals surface area contributed by atoms with Gasteiger partial charge >= 0.3 is 0 Å². The molecule has 1 saturated carbocycles. The highest BCUT2D eigenvalue weighted by atomic mass is 35.5. The number of halogens is 1. The van der Waals surface area contributed by atoms with E-state index in [0.29, 0.717) is 32.7 Å². The predicted molar refractivity (Wildman–Crippen MR) is 102 cm³/mol. The molecule has 148 valence electrons. The van der Waals surface area contributed by atoms with Crippen LogP contribution < -0.4 is 5.32 Å². The molecule has 7 nitrogen and oxygen atoms in total. The van der Waals surface area contributed by atoms with Crippen LogP contribution in [0.25, 0.3) is 0 Å². The first-order valence-electron chi connectivity index (χ1n) is 9.04. The second kappa shape index (κ2) is 10.1. The van der Waals surface area contributed by atoms with E-state index >= 15 is 0 Å². The first-order valence-corrected chi connectivity index (χ1v) is 10.4. The van der Waals surface area contributed by atoms with Gasteiger partial charge in [0, 0.05) is 51.7 Å². The lowest BCUT2D eigenvalue weighted by Gasteiger charge is -2.39. The monoisotopic (exact) mass is 396 g/mol. The van der Waals surface area contributed by atoms with E-state index in [-0.39, 0.29) is 30.3 Å². The van der Waals surface area contributed by atoms with Crippen LogP contribution in [0, 0.1) is 5.92 Å². The van der Waals surface area contributed by atoms with Crippen LogP contribution >= 0.6 is 12.4 Å². The van der Waals surface area contributed by atoms with Crippen LogP contribution in [0.15, 0.2) is 0 Å². The summed E-state index contributed by atoms with van der Waals surface area (Å²) < 4.78 is 28.8. The summed E-state index contributed by atoms with van der Waals surface area (Å²) in [5, 5.41) is 3.01. The molecule has 1 unspecified atom stereocenters. The normalized spacial score (nSPS) is 21.8. The molecule has 1 N–H and O–H groups in total. The van der Waals surface area contributed by atoms with E-state index in [2.05, 4.69) is 5.32 Å². The van der Waals surface area contributed by atoms with Crippen molar-refractivity contribution in [2.75, 3.05) is 46.8 Å². The molecule has 1 aliphatic heterocycles. The Morgan fingerprint density at radius 2 is 1.72 bits per heavy atom. The topological polar surface area (TPSA) is 73.0 Å². The second-order valence-corrected chi connectivity index (χ2v) is 8.99. The van der Waals surface area contributed by atoms with Gasteiger partial charge in [-0.05, 0) is 19.9 Å². The fourth-order valence-electron chi connectivity index (χ4n) is 3.66. The Morgan fingerprint density at radius 3 is 2.24 bits per heavy atom. The largest absolute Gasteiger partial charge is 0.340 e. The summed E-state index contributed by atoms with van der Waals surface area (Å²) in [4.78, 5) is 14.1. The van der Waals surface area contributed by atoms with Crippen LogP contribution in [0.4, 0.5) is 0 Å². The molecule has 1 aliphatic carbocycles. The molecule has 1 atom stereocenters. The Labute approximate surface area is 158 Å². The van der Waals surface area contributed by atoms with Crippen LogP contribution in [0.5, 0.6) is 0 Å². The van der Waals surface area contributed by atoms with Gasteiger partial charge in [-0.3, -0.25) is 4.79 Å². The van der Waals surface area contributed by atoms with Crippen molar-refractivity contribution in [3.8, 4) is 0 Å². The maximum atomic E-state index is 12.8. The lowest BCUT2D eigenvalue weighted by Crippen LogP contribution is -2.56. The second-order valence-electron chi connectivity index (χ2n) is 7.00. The Balaban J connectivity index is 0.00000312. The van der Waals surface area contributed by atoms with Gasteiger partial charge in [0.15, 0.2) is 0 Å². The lowest BCUT2D eigenvalue weighted by atomic mass is 9.96. The average molecular weight is 397 g/mol. The maximum absolute atomic E-state index is 12.8. The highest BCUT2D eigenvalue weighted by molar-refractivity contribution is 7.86. The summed E-state index contributed by atoms with van der Waals surface area (Å²) in [7, 11) is 0.110. The van der Waals surface area contributed by atoms with Crippen molar-refractivity contribution in [2.24, 2.45) is 5.92 Å². The summed E-state index contributed by atoms with van der Waals surface area (Å²) in [5.41, 5.74) is 0. The van der Waals surface area contributed by atoms with E-state index < -0.39 is 10.2 Å². The molecule has 2 fully saturated rings. The van der Waals surface area contributed by atoms with Crippen molar-refractivity contribution in [1.82, 2.24) is 18.8 Å². The van der Waals surface area contributed by atoms with E-state index in [4.69, 9.17) is 0 Å². The Hall–Kier alpha value is -0.410. The molecule has 1 amide bonds. The lowest BCUT2D eigenvalue weighted by molar-refractivity contribution is -0.136. The SMILES string of the molecule is CNCC(C)C(=O)N1CCN(S(=O)(=O)N(C)C2CCCCC2)CC1.Cl. The van der Waals surface area contributed by atoms with Gasteiger partial charge < -0.3 is 10.2 Å². The van der Waals surface area contributed by atoms with E-state index in [0.717, 1.165) is 25.7 Å². The standard InChI is InChI=1S/C16H32N4O3S.ClH/c1-14(13-17-2)16(21)19-9-11-20(12-10-19)24(22,23)18(3)15-7-5-4-6-8-15;/h14-15,17H,4-13H2,1-3H3;1H. The third-order valence-electron chi connectivity index (χ3n) is 5.26. The van der Waals surface area contributed by atoms with E-state index in [1.807, 2.05) is 14.0 Å². The number of nitrogens with zero attached hydrogens (tertiary/aromatic N) is 3. The van der Waals surface area contributed by atoms with Crippen molar-refractivity contribution < 1.29 is 13.2 Å². The van der Waals surface area contributed by atoms with Gasteiger partial charge in [-0.2, -0.15) is 17.0 Å². The van der Waals surface area contributed by atoms with Crippen LogP contribution in [-0.4, -0.2) is 80.7 Å². The van der Waals surface area contributed by atoms with Gasteiger partial charge in [0.1, 0.15) is 0 Å². The molecule has 0 bridgehead atoms. The van der Waals surface area contributed by atoms with E-state index in [9.17, 15) is 13.2 Å². The molecule has 25 heavy (non-hydrogen) atoms. The molecular formula is C16H33ClN4O3S. The zero-order valence-corrected chi connectivity index (χ0v) is 17.2. The number of hydrogen-bond donors (Lipinski definition) is 1. The van der Waals surface area contributed by atoms with E-state index in [1.165, 1.54) is 10.7 Å². The summed E-state index contributed by atoms with van der Waals surface area (Å²) >= 11 is 0. The van der Waals surface area contributed by atoms with Gasteiger partial charge in [-0.25, -0.2) is 0 Å². The van der Waals surface area contributed by atoms with Gasteiger partial charge in [0.25, 0.3) is 10.2 Å². The van der Waals surface area contributed by atoms with Gasteiger partial charge in [0.2, 0.25) is 5.91 Å². The zero-order valence-electron chi connectivity index (χ0n) is 15.6. The molecule has 0 aromatic rings. The maximum Gasteiger partial charge on any atom is 0.282 e. The first kappa shape index (κ1) is 22.6. The third-order valence-corrected chi connectivity index (χ3v) is 7.31. The van der Waals surface area contributed by atoms with Gasteiger partial charge in [-0.1, -0.05) is 26.2 Å². The first-order chi connectivity index (χ1) is 11.4. The summed E-state index contributed by atoms with van der Waals surface area (Å²) in [6.45, 7) is 4.27. The van der Waals surface area contributed by atoms with Gasteiger partial charge in [-0.15, -0.1) is 12.4 Å². The molecular weight excluding hydrogens is 364 g/mol. The fraction of sp³-hybridized carbons (Fsp3) is 0.938. The quantitative estimate of drug-likeness (QED) is 0.724. The number of nitrogens with one attached hydrogen (secondary N) is 1. The summed E-state index contributed by atoms with van der Waals surface area (Å²) in [5.74, 6) is 0.0186. The summed E-state index contributed by atoms with van der Waals surface area (Å²) in [6, 6.07) is 0.124. The Kier molecular flexibility index (Phi) is 9.11. The van der Waals surface area contributed by atoms with Crippen LogP contribution in [0.1, 0.15) is 39.0 Å². The molecule has 2 rings (SSSR count). The molecule has 0 spiro atoms. The number of carbonyl (C=O) groups excluding carboxylic acids is 1. The number of carbonyl (C=O) groups is 1. The van der Waals surface area contributed by atoms with Crippen molar-refractivity contribution in [3.05, 3.63) is 0 Å². The van der Waals surface area contributed by atoms with Crippen molar-refractivity contribution in [2.45, 2.75) is 45.1 Å². The highest BCUT2D eigenvalue weighted by Gasteiger charge is 2.35. The predicted octanol–water partition coefficient (Wildman–Crippen LogP) is 0.917. The van der Waals surface area contributed by atoms with Crippen LogP contribution in [0.3, 0.4) is 0 Å². The van der Waals surface area contributed by atoms with Crippen LogP contribution in [0.2, 0.25) is 0 Å². The number of hydrogen-bond acceptors (Lipinski definition) is 4. The minimum absolute atomic E-state index is 0. The Bertz CT molecular complexity index is 517. The van der Waals surface area contributed by atoms with Crippen molar-refractivity contribution in [3.63, 3.8) is 0 Å². The molecule has 0 aromatic heterocycles. The van der Waals surface area contributed by atoms with E-state index in [1.54, 1.807) is 16.3 Å². The fourth-order valence-corrected chi connectivity index (χ4v) is 5.24. The third kappa shape index (κ3) is 5.53. The number of amides is 1. The average Bonchev–Trinajstić information content (AvgIpc) is 2.61. The Morgan fingerprint density at radius 1 is 1.16 bits per heavy atom.